The van der Waals surface area contributed by atoms with Crippen molar-refractivity contribution in [2.24, 2.45) is 5.41 Å². The molecule has 1 atom stereocenters. The van der Waals surface area contributed by atoms with Crippen LogP contribution in [0.5, 0.6) is 0 Å². The molecule has 0 radical (unpaired) electrons. The number of nitrogens with one attached hydrogen (secondary N) is 1. The first-order valence-electron chi connectivity index (χ1n) is 10.8. The zero-order valence-corrected chi connectivity index (χ0v) is 19.3. The number of benzene rings is 2. The fraction of sp³-hybridized carbons (Fsp3) is 0.400. The molecule has 1 aliphatic rings. The predicted molar refractivity (Wildman–Crippen MR) is 122 cm³/mol. The molecule has 2 N–H and O–H groups in total. The van der Waals surface area contributed by atoms with Crippen LogP contribution in [0.4, 0.5) is 4.79 Å². The predicted octanol–water partition coefficient (Wildman–Crippen LogP) is 3.80. The Morgan fingerprint density at radius 2 is 1.58 bits per heavy atom. The van der Waals surface area contributed by atoms with Crippen molar-refractivity contribution in [3.05, 3.63) is 59.7 Å². The van der Waals surface area contributed by atoms with E-state index in [1.165, 1.54) is 7.05 Å². The Hall–Kier alpha value is -3.39. The van der Waals surface area contributed by atoms with Gasteiger partial charge in [-0.15, -0.1) is 0 Å². The zero-order chi connectivity index (χ0) is 24.2. The van der Waals surface area contributed by atoms with Crippen LogP contribution in [0.3, 0.4) is 0 Å². The molecule has 176 valence electrons. The molecule has 2 aromatic rings. The largest absolute Gasteiger partial charge is 0.479 e. The summed E-state index contributed by atoms with van der Waals surface area (Å²) >= 11 is 0. The summed E-state index contributed by atoms with van der Waals surface area (Å²) in [5, 5.41) is 12.4. The molecule has 0 saturated heterocycles. The van der Waals surface area contributed by atoms with Crippen molar-refractivity contribution in [1.82, 2.24) is 10.4 Å². The van der Waals surface area contributed by atoms with Crippen molar-refractivity contribution in [3.8, 4) is 11.1 Å². The van der Waals surface area contributed by atoms with E-state index >= 15 is 0 Å². The van der Waals surface area contributed by atoms with Crippen molar-refractivity contribution in [2.75, 3.05) is 20.3 Å². The topological polar surface area (TPSA) is 105 Å². The lowest BCUT2D eigenvalue weighted by molar-refractivity contribution is -0.186. The molecule has 0 fully saturated rings. The van der Waals surface area contributed by atoms with Crippen molar-refractivity contribution in [1.29, 1.82) is 0 Å². The summed E-state index contributed by atoms with van der Waals surface area (Å²) in [6, 6.07) is 15.6. The molecule has 33 heavy (non-hydrogen) atoms. The maximum Gasteiger partial charge on any atom is 0.407 e. The van der Waals surface area contributed by atoms with Crippen LogP contribution in [0.1, 0.15) is 44.2 Å². The first kappa shape index (κ1) is 24.3. The van der Waals surface area contributed by atoms with Crippen molar-refractivity contribution in [2.45, 2.75) is 39.2 Å². The lowest BCUT2D eigenvalue weighted by Gasteiger charge is -2.31. The maximum absolute atomic E-state index is 12.7. The smallest absolute Gasteiger partial charge is 0.407 e. The van der Waals surface area contributed by atoms with E-state index in [2.05, 4.69) is 17.4 Å². The van der Waals surface area contributed by atoms with Gasteiger partial charge in [-0.1, -0.05) is 69.3 Å². The van der Waals surface area contributed by atoms with Crippen LogP contribution in [0.15, 0.2) is 48.5 Å². The van der Waals surface area contributed by atoms with Gasteiger partial charge in [0.25, 0.3) is 0 Å². The molecular formula is C25H30N2O6. The van der Waals surface area contributed by atoms with Gasteiger partial charge in [0.05, 0.1) is 0 Å². The molecule has 0 aliphatic heterocycles. The number of amides is 2. The van der Waals surface area contributed by atoms with E-state index in [-0.39, 0.29) is 18.9 Å². The second kappa shape index (κ2) is 10.0. The summed E-state index contributed by atoms with van der Waals surface area (Å²) in [6.45, 7) is 5.24. The average molecular weight is 455 g/mol. The third-order valence-corrected chi connectivity index (χ3v) is 5.79. The molecule has 0 heterocycles. The highest BCUT2D eigenvalue weighted by Gasteiger charge is 2.32. The number of carboxylic acid groups (broad SMARTS) is 1. The summed E-state index contributed by atoms with van der Waals surface area (Å²) in [5.74, 6) is -1.69. The van der Waals surface area contributed by atoms with Gasteiger partial charge in [-0.3, -0.25) is 9.63 Å². The van der Waals surface area contributed by atoms with Gasteiger partial charge >= 0.3 is 12.1 Å². The van der Waals surface area contributed by atoms with Gasteiger partial charge in [-0.25, -0.2) is 14.7 Å². The fourth-order valence-electron chi connectivity index (χ4n) is 3.88. The van der Waals surface area contributed by atoms with Crippen LogP contribution in [0.25, 0.3) is 11.1 Å². The minimum Gasteiger partial charge on any atom is -0.479 e. The number of ether oxygens (including phenoxy) is 1. The van der Waals surface area contributed by atoms with Crippen LogP contribution >= 0.6 is 0 Å². The first-order valence-corrected chi connectivity index (χ1v) is 10.8. The second-order valence-corrected chi connectivity index (χ2v) is 9.15. The Bertz CT molecular complexity index is 984. The number of alkyl carbamates (subject to hydrolysis) is 1. The normalized spacial score (nSPS) is 13.6. The maximum atomic E-state index is 12.7. The quantitative estimate of drug-likeness (QED) is 0.588. The average Bonchev–Trinajstić information content (AvgIpc) is 3.08. The minimum atomic E-state index is -1.18. The molecule has 0 saturated carbocycles. The van der Waals surface area contributed by atoms with Gasteiger partial charge in [-0.2, -0.15) is 0 Å². The highest BCUT2D eigenvalue weighted by atomic mass is 16.7. The van der Waals surface area contributed by atoms with E-state index in [1.807, 2.05) is 57.2 Å². The Morgan fingerprint density at radius 3 is 2.09 bits per heavy atom. The Balaban J connectivity index is 1.63. The van der Waals surface area contributed by atoms with Gasteiger partial charge in [0.2, 0.25) is 5.91 Å². The molecule has 8 nitrogen and oxygen atoms in total. The lowest BCUT2D eigenvalue weighted by atomic mass is 9.84. The monoisotopic (exact) mass is 454 g/mol. The molecule has 0 aromatic heterocycles. The number of carboxylic acids is 1. The zero-order valence-electron chi connectivity index (χ0n) is 19.3. The number of carbonyl (C=O) groups excluding carboxylic acids is 2. The van der Waals surface area contributed by atoms with Gasteiger partial charge < -0.3 is 15.2 Å². The van der Waals surface area contributed by atoms with E-state index in [0.29, 0.717) is 0 Å². The molecule has 0 spiro atoms. The molecule has 1 aliphatic carbocycles. The number of carbonyl (C=O) groups is 3. The number of aliphatic carboxylic acids is 1. The van der Waals surface area contributed by atoms with E-state index < -0.39 is 36.0 Å². The molecule has 0 bridgehead atoms. The summed E-state index contributed by atoms with van der Waals surface area (Å²) in [6.07, 6.45) is -0.678. The van der Waals surface area contributed by atoms with Crippen molar-refractivity contribution < 1.29 is 29.1 Å². The number of fused-ring (bicyclic) bond motifs is 3. The summed E-state index contributed by atoms with van der Waals surface area (Å²) < 4.78 is 5.60. The summed E-state index contributed by atoms with van der Waals surface area (Å²) in [4.78, 5) is 40.7. The van der Waals surface area contributed by atoms with E-state index in [4.69, 9.17) is 14.7 Å². The fourth-order valence-corrected chi connectivity index (χ4v) is 3.88. The lowest BCUT2D eigenvalue weighted by Crippen LogP contribution is -2.47. The van der Waals surface area contributed by atoms with Gasteiger partial charge in [-0.05, 0) is 27.7 Å². The molecular weight excluding hydrogens is 424 g/mol. The third kappa shape index (κ3) is 5.90. The highest BCUT2D eigenvalue weighted by molar-refractivity contribution is 5.79. The molecule has 1 unspecified atom stereocenters. The summed E-state index contributed by atoms with van der Waals surface area (Å²) in [7, 11) is 1.35. The van der Waals surface area contributed by atoms with E-state index in [9.17, 15) is 14.4 Å². The Morgan fingerprint density at radius 1 is 1.03 bits per heavy atom. The standard InChI is InChI=1S/C25H30N2O6/c1-25(2,3)21(13-22(28)27(4)33-15-23(29)30)26-24(31)32-14-20-18-11-7-5-9-16(18)17-10-6-8-12-19(17)20/h5-12,20-21H,13-15H2,1-4H3,(H,26,31)(H,29,30). The SMILES string of the molecule is CN(OCC(=O)O)C(=O)CC(NC(=O)OCC1c2ccccc2-c2ccccc21)C(C)(C)C. The van der Waals surface area contributed by atoms with Gasteiger partial charge in [0.1, 0.15) is 6.61 Å². The number of hydroxylamine groups is 2. The van der Waals surface area contributed by atoms with E-state index in [0.717, 1.165) is 27.3 Å². The minimum absolute atomic E-state index is 0.0616. The highest BCUT2D eigenvalue weighted by Crippen LogP contribution is 2.44. The number of nitrogens with zero attached hydrogens (tertiary/aromatic N) is 1. The van der Waals surface area contributed by atoms with Crippen LogP contribution in [-0.2, 0) is 19.2 Å². The number of hydrogen-bond donors (Lipinski definition) is 2. The van der Waals surface area contributed by atoms with Crippen LogP contribution in [0.2, 0.25) is 0 Å². The van der Waals surface area contributed by atoms with Crippen LogP contribution < -0.4 is 5.32 Å². The number of hydrogen-bond acceptors (Lipinski definition) is 5. The van der Waals surface area contributed by atoms with Gasteiger partial charge in [0, 0.05) is 25.4 Å². The first-order chi connectivity index (χ1) is 15.6. The van der Waals surface area contributed by atoms with Crippen LogP contribution in [-0.4, -0.2) is 54.4 Å². The van der Waals surface area contributed by atoms with Crippen LogP contribution in [0, 0.1) is 5.41 Å². The van der Waals surface area contributed by atoms with E-state index in [1.54, 1.807) is 0 Å². The summed E-state index contributed by atoms with van der Waals surface area (Å²) in [5.41, 5.74) is 4.07. The third-order valence-electron chi connectivity index (χ3n) is 5.79. The number of rotatable bonds is 8. The molecule has 3 rings (SSSR count). The van der Waals surface area contributed by atoms with Crippen molar-refractivity contribution >= 4 is 18.0 Å². The molecule has 2 aromatic carbocycles. The second-order valence-electron chi connectivity index (χ2n) is 9.15. The van der Waals surface area contributed by atoms with Crippen molar-refractivity contribution in [3.63, 3.8) is 0 Å². The van der Waals surface area contributed by atoms with Gasteiger partial charge in [0.15, 0.2) is 6.61 Å². The molecule has 8 heteroatoms. The Labute approximate surface area is 193 Å². The Kier molecular flexibility index (Phi) is 7.38. The molecule has 2 amide bonds.